The van der Waals surface area contributed by atoms with Gasteiger partial charge in [0.05, 0.1) is 38.2 Å². The molecule has 1 saturated carbocycles. The molecule has 2 amide bonds. The molecule has 1 aliphatic heterocycles. The van der Waals surface area contributed by atoms with E-state index in [9.17, 15) is 19.5 Å². The van der Waals surface area contributed by atoms with Gasteiger partial charge < -0.3 is 29.6 Å². The average Bonchev–Trinajstić information content (AvgIpc) is 3.44. The third-order valence-corrected chi connectivity index (χ3v) is 6.20. The molecule has 2 aliphatic rings. The van der Waals surface area contributed by atoms with Crippen molar-refractivity contribution in [3.8, 4) is 11.5 Å². The summed E-state index contributed by atoms with van der Waals surface area (Å²) in [5.74, 6) is -0.867. The zero-order chi connectivity index (χ0) is 23.4. The van der Waals surface area contributed by atoms with Crippen molar-refractivity contribution >= 4 is 17.8 Å². The van der Waals surface area contributed by atoms with E-state index in [1.807, 2.05) is 30.3 Å². The molecule has 2 aromatic carbocycles. The Morgan fingerprint density at radius 1 is 1.15 bits per heavy atom. The molecule has 1 heterocycles. The SMILES string of the molecule is COc1ccc(C(CC(=O)NCC(=O)[O-])N2Cc3ccccc3C2=O)cc1OC1CCCC1. The Labute approximate surface area is 192 Å². The summed E-state index contributed by atoms with van der Waals surface area (Å²) in [5, 5.41) is 13.1. The van der Waals surface area contributed by atoms with Crippen LogP contribution in [0.5, 0.6) is 11.5 Å². The maximum absolute atomic E-state index is 13.2. The zero-order valence-electron chi connectivity index (χ0n) is 18.5. The van der Waals surface area contributed by atoms with E-state index < -0.39 is 24.5 Å². The van der Waals surface area contributed by atoms with Crippen LogP contribution in [-0.2, 0) is 16.1 Å². The third-order valence-electron chi connectivity index (χ3n) is 6.20. The fraction of sp³-hybridized carbons (Fsp3) is 0.400. The molecule has 1 atom stereocenters. The molecular weight excluding hydrogens is 424 g/mol. The second-order valence-electron chi connectivity index (χ2n) is 8.39. The number of nitrogens with one attached hydrogen (secondary N) is 1. The first kappa shape index (κ1) is 22.6. The quantitative estimate of drug-likeness (QED) is 0.625. The maximum atomic E-state index is 13.2. The van der Waals surface area contributed by atoms with E-state index >= 15 is 0 Å². The van der Waals surface area contributed by atoms with Crippen molar-refractivity contribution in [2.24, 2.45) is 0 Å². The van der Waals surface area contributed by atoms with Gasteiger partial charge in [-0.25, -0.2) is 0 Å². The normalized spacial score (nSPS) is 16.4. The van der Waals surface area contributed by atoms with Crippen LogP contribution in [0.15, 0.2) is 42.5 Å². The summed E-state index contributed by atoms with van der Waals surface area (Å²) in [5.41, 5.74) is 2.21. The predicted octanol–water partition coefficient (Wildman–Crippen LogP) is 1.97. The number of ether oxygens (including phenoxy) is 2. The van der Waals surface area contributed by atoms with E-state index in [0.717, 1.165) is 31.2 Å². The Kier molecular flexibility index (Phi) is 6.82. The number of rotatable bonds is 9. The number of fused-ring (bicyclic) bond motifs is 1. The van der Waals surface area contributed by atoms with E-state index in [1.54, 1.807) is 24.1 Å². The van der Waals surface area contributed by atoms with Crippen LogP contribution in [0.4, 0.5) is 0 Å². The van der Waals surface area contributed by atoms with E-state index in [-0.39, 0.29) is 18.4 Å². The lowest BCUT2D eigenvalue weighted by atomic mass is 10.0. The van der Waals surface area contributed by atoms with Gasteiger partial charge >= 0.3 is 0 Å². The first-order chi connectivity index (χ1) is 16.0. The van der Waals surface area contributed by atoms with Gasteiger partial charge in [0, 0.05) is 12.1 Å². The van der Waals surface area contributed by atoms with E-state index in [4.69, 9.17) is 9.47 Å². The summed E-state index contributed by atoms with van der Waals surface area (Å²) in [6.07, 6.45) is 4.20. The monoisotopic (exact) mass is 451 g/mol. The predicted molar refractivity (Wildman–Crippen MR) is 118 cm³/mol. The summed E-state index contributed by atoms with van der Waals surface area (Å²) in [6.45, 7) is -0.226. The first-order valence-corrected chi connectivity index (χ1v) is 11.2. The number of aliphatic carboxylic acids is 1. The molecule has 8 nitrogen and oxygen atoms in total. The molecule has 2 aromatic rings. The molecule has 0 bridgehead atoms. The van der Waals surface area contributed by atoms with Gasteiger partial charge in [-0.2, -0.15) is 0 Å². The fourth-order valence-corrected chi connectivity index (χ4v) is 4.53. The molecule has 1 N–H and O–H groups in total. The second-order valence-corrected chi connectivity index (χ2v) is 8.39. The molecule has 8 heteroatoms. The number of methoxy groups -OCH3 is 1. The van der Waals surface area contributed by atoms with Gasteiger partial charge in [-0.15, -0.1) is 0 Å². The number of carboxylic acid groups (broad SMARTS) is 1. The van der Waals surface area contributed by atoms with Crippen LogP contribution in [0.2, 0.25) is 0 Å². The highest BCUT2D eigenvalue weighted by Gasteiger charge is 2.35. The van der Waals surface area contributed by atoms with Crippen molar-refractivity contribution in [2.45, 2.75) is 50.8 Å². The van der Waals surface area contributed by atoms with Gasteiger partial charge in [0.25, 0.3) is 5.91 Å². The van der Waals surface area contributed by atoms with E-state index in [0.29, 0.717) is 29.2 Å². The Morgan fingerprint density at radius 3 is 2.61 bits per heavy atom. The van der Waals surface area contributed by atoms with Crippen LogP contribution >= 0.6 is 0 Å². The molecule has 0 spiro atoms. The minimum atomic E-state index is -1.37. The summed E-state index contributed by atoms with van der Waals surface area (Å²) in [4.78, 5) is 38.2. The molecule has 1 fully saturated rings. The lowest BCUT2D eigenvalue weighted by Crippen LogP contribution is -2.40. The number of nitrogens with zero attached hydrogens (tertiary/aromatic N) is 1. The summed E-state index contributed by atoms with van der Waals surface area (Å²) in [7, 11) is 1.57. The molecule has 174 valence electrons. The summed E-state index contributed by atoms with van der Waals surface area (Å²) in [6, 6.07) is 12.2. The summed E-state index contributed by atoms with van der Waals surface area (Å²) < 4.78 is 11.7. The van der Waals surface area contributed by atoms with E-state index in [1.165, 1.54) is 0 Å². The molecule has 4 rings (SSSR count). The van der Waals surface area contributed by atoms with Crippen molar-refractivity contribution in [2.75, 3.05) is 13.7 Å². The van der Waals surface area contributed by atoms with Crippen molar-refractivity contribution in [3.05, 3.63) is 59.2 Å². The molecule has 33 heavy (non-hydrogen) atoms. The molecule has 0 aromatic heterocycles. The number of carbonyl (C=O) groups excluding carboxylic acids is 3. The first-order valence-electron chi connectivity index (χ1n) is 11.2. The molecule has 1 aliphatic carbocycles. The molecule has 0 saturated heterocycles. The van der Waals surface area contributed by atoms with Crippen molar-refractivity contribution < 1.29 is 29.0 Å². The van der Waals surface area contributed by atoms with Crippen LogP contribution in [0, 0.1) is 0 Å². The topological polar surface area (TPSA) is 108 Å². The zero-order valence-corrected chi connectivity index (χ0v) is 18.5. The number of benzene rings is 2. The van der Waals surface area contributed by atoms with Crippen LogP contribution in [0.25, 0.3) is 0 Å². The Bertz CT molecular complexity index is 1050. The van der Waals surface area contributed by atoms with Crippen molar-refractivity contribution in [3.63, 3.8) is 0 Å². The Morgan fingerprint density at radius 2 is 1.91 bits per heavy atom. The minimum Gasteiger partial charge on any atom is -0.548 e. The van der Waals surface area contributed by atoms with Crippen LogP contribution in [-0.4, -0.2) is 42.4 Å². The molecule has 0 radical (unpaired) electrons. The molecular formula is C25H27N2O6-. The van der Waals surface area contributed by atoms with Crippen molar-refractivity contribution in [1.29, 1.82) is 0 Å². The van der Waals surface area contributed by atoms with Gasteiger partial charge in [0.15, 0.2) is 11.5 Å². The highest BCUT2D eigenvalue weighted by atomic mass is 16.5. The lowest BCUT2D eigenvalue weighted by Gasteiger charge is -2.29. The Hall–Kier alpha value is -3.55. The second kappa shape index (κ2) is 9.94. The smallest absolute Gasteiger partial charge is 0.255 e. The van der Waals surface area contributed by atoms with Gasteiger partial charge in [0.1, 0.15) is 0 Å². The largest absolute Gasteiger partial charge is 0.548 e. The minimum absolute atomic E-state index is 0.0950. The lowest BCUT2D eigenvalue weighted by molar-refractivity contribution is -0.304. The number of carboxylic acids is 1. The third kappa shape index (κ3) is 5.10. The van der Waals surface area contributed by atoms with Crippen LogP contribution in [0.3, 0.4) is 0 Å². The standard InChI is InChI=1S/C25H28N2O6/c1-32-21-11-10-16(12-22(21)33-18-7-3-4-8-18)20(13-23(28)26-14-24(29)30)27-15-17-6-2-5-9-19(17)25(27)31/h2,5-6,9-12,18,20H,3-4,7-8,13-15H2,1H3,(H,26,28)(H,29,30)/p-1. The average molecular weight is 451 g/mol. The molecule has 1 unspecified atom stereocenters. The number of amides is 2. The van der Waals surface area contributed by atoms with Gasteiger partial charge in [-0.05, 0) is 55.0 Å². The van der Waals surface area contributed by atoms with Gasteiger partial charge in [0.2, 0.25) is 5.91 Å². The Balaban J connectivity index is 1.64. The van der Waals surface area contributed by atoms with E-state index in [2.05, 4.69) is 5.32 Å². The summed E-state index contributed by atoms with van der Waals surface area (Å²) >= 11 is 0. The highest BCUT2D eigenvalue weighted by molar-refractivity contribution is 5.99. The maximum Gasteiger partial charge on any atom is 0.255 e. The number of hydrogen-bond acceptors (Lipinski definition) is 6. The fourth-order valence-electron chi connectivity index (χ4n) is 4.53. The van der Waals surface area contributed by atoms with Crippen LogP contribution in [0.1, 0.15) is 59.6 Å². The van der Waals surface area contributed by atoms with Gasteiger partial charge in [-0.3, -0.25) is 9.59 Å². The highest BCUT2D eigenvalue weighted by Crippen LogP contribution is 2.38. The number of hydrogen-bond donors (Lipinski definition) is 1. The van der Waals surface area contributed by atoms with Crippen LogP contribution < -0.4 is 19.9 Å². The van der Waals surface area contributed by atoms with Crippen molar-refractivity contribution in [1.82, 2.24) is 10.2 Å². The van der Waals surface area contributed by atoms with Gasteiger partial charge in [-0.1, -0.05) is 24.3 Å². The number of carbonyl (C=O) groups is 3.